The highest BCUT2D eigenvalue weighted by Gasteiger charge is 2.26. The van der Waals surface area contributed by atoms with Gasteiger partial charge in [-0.2, -0.15) is 4.98 Å². The molecule has 1 atom stereocenters. The first-order valence-corrected chi connectivity index (χ1v) is 7.56. The molecule has 2 N–H and O–H groups in total. The molecule has 1 fully saturated rings. The van der Waals surface area contributed by atoms with Crippen LogP contribution in [0.15, 0.2) is 28.8 Å². The Kier molecular flexibility index (Phi) is 5.60. The van der Waals surface area contributed by atoms with Gasteiger partial charge in [-0.15, -0.1) is 12.4 Å². The molecule has 0 saturated carbocycles. The van der Waals surface area contributed by atoms with Gasteiger partial charge in [0.25, 0.3) is 5.91 Å². The number of hydrogen-bond donors (Lipinski definition) is 1. The van der Waals surface area contributed by atoms with Crippen molar-refractivity contribution in [2.24, 2.45) is 5.92 Å². The zero-order valence-corrected chi connectivity index (χ0v) is 13.9. The first-order chi connectivity index (χ1) is 10.6. The molecule has 1 aromatic heterocycles. The van der Waals surface area contributed by atoms with Crippen LogP contribution in [0.4, 0.5) is 5.69 Å². The van der Waals surface area contributed by atoms with Gasteiger partial charge in [0.1, 0.15) is 0 Å². The molecule has 1 saturated heterocycles. The largest absolute Gasteiger partial charge is 0.398 e. The number of halogens is 1. The Morgan fingerprint density at radius 2 is 2.22 bits per heavy atom. The van der Waals surface area contributed by atoms with Crippen LogP contribution in [0.25, 0.3) is 0 Å². The van der Waals surface area contributed by atoms with Gasteiger partial charge in [0.2, 0.25) is 5.89 Å². The van der Waals surface area contributed by atoms with E-state index in [9.17, 15) is 4.79 Å². The van der Waals surface area contributed by atoms with Crippen LogP contribution >= 0.6 is 12.4 Å². The van der Waals surface area contributed by atoms with Crippen LogP contribution < -0.4 is 5.73 Å². The van der Waals surface area contributed by atoms with E-state index >= 15 is 0 Å². The summed E-state index contributed by atoms with van der Waals surface area (Å²) in [5.74, 6) is 1.67. The second-order valence-corrected chi connectivity index (χ2v) is 5.78. The summed E-state index contributed by atoms with van der Waals surface area (Å²) in [6.07, 6.45) is 2.80. The number of rotatable bonds is 3. The van der Waals surface area contributed by atoms with Gasteiger partial charge < -0.3 is 15.2 Å². The molecule has 7 heteroatoms. The second kappa shape index (κ2) is 7.46. The van der Waals surface area contributed by atoms with E-state index in [4.69, 9.17) is 10.3 Å². The number of likely N-dealkylation sites (tertiary alicyclic amines) is 1. The lowest BCUT2D eigenvalue weighted by atomic mass is 9.94. The fourth-order valence-corrected chi connectivity index (χ4v) is 2.96. The highest BCUT2D eigenvalue weighted by atomic mass is 35.5. The van der Waals surface area contributed by atoms with Crippen LogP contribution in [-0.4, -0.2) is 34.0 Å². The van der Waals surface area contributed by atoms with Gasteiger partial charge in [0.05, 0.1) is 5.56 Å². The van der Waals surface area contributed by atoms with Gasteiger partial charge in [-0.05, 0) is 30.9 Å². The first kappa shape index (κ1) is 17.3. The van der Waals surface area contributed by atoms with E-state index in [2.05, 4.69) is 10.1 Å². The Hall–Kier alpha value is -2.08. The van der Waals surface area contributed by atoms with E-state index in [1.807, 2.05) is 17.0 Å². The number of amides is 1. The van der Waals surface area contributed by atoms with Crippen LogP contribution in [0.5, 0.6) is 0 Å². The van der Waals surface area contributed by atoms with Gasteiger partial charge in [-0.1, -0.05) is 17.3 Å². The lowest BCUT2D eigenvalue weighted by Crippen LogP contribution is -2.40. The number of benzene rings is 1. The van der Waals surface area contributed by atoms with Crippen LogP contribution in [0.1, 0.15) is 34.9 Å². The van der Waals surface area contributed by atoms with Gasteiger partial charge in [0.15, 0.2) is 5.82 Å². The van der Waals surface area contributed by atoms with Gasteiger partial charge >= 0.3 is 0 Å². The standard InChI is InChI=1S/C16H20N4O2.ClH/c1-11-18-15(19-22-11)9-12-5-4-8-20(10-12)16(21)13-6-2-3-7-14(13)17;/h2-3,6-7,12H,4-5,8-10,17H2,1H3;1H. The number of nitrogen functional groups attached to an aromatic ring is 1. The summed E-state index contributed by atoms with van der Waals surface area (Å²) in [5, 5.41) is 3.94. The van der Waals surface area contributed by atoms with Crippen LogP contribution in [0.2, 0.25) is 0 Å². The Morgan fingerprint density at radius 1 is 1.43 bits per heavy atom. The third kappa shape index (κ3) is 4.01. The molecule has 0 bridgehead atoms. The van der Waals surface area contributed by atoms with Crippen LogP contribution in [0.3, 0.4) is 0 Å². The number of anilines is 1. The molecule has 23 heavy (non-hydrogen) atoms. The molecule has 0 spiro atoms. The normalized spacial score (nSPS) is 17.6. The quantitative estimate of drug-likeness (QED) is 0.870. The van der Waals surface area contributed by atoms with Crippen molar-refractivity contribution in [3.63, 3.8) is 0 Å². The van der Waals surface area contributed by atoms with Crippen molar-refractivity contribution in [1.29, 1.82) is 0 Å². The number of aromatic nitrogens is 2. The minimum Gasteiger partial charge on any atom is -0.398 e. The summed E-state index contributed by atoms with van der Waals surface area (Å²) in [4.78, 5) is 18.7. The zero-order valence-electron chi connectivity index (χ0n) is 13.1. The molecular formula is C16H21ClN4O2. The van der Waals surface area contributed by atoms with Crippen molar-refractivity contribution < 1.29 is 9.32 Å². The predicted molar refractivity (Wildman–Crippen MR) is 89.5 cm³/mol. The predicted octanol–water partition coefficient (Wildman–Crippen LogP) is 2.48. The molecule has 3 rings (SSSR count). The number of piperidine rings is 1. The lowest BCUT2D eigenvalue weighted by Gasteiger charge is -2.32. The summed E-state index contributed by atoms with van der Waals surface area (Å²) in [5.41, 5.74) is 7.02. The summed E-state index contributed by atoms with van der Waals surface area (Å²) in [7, 11) is 0. The average Bonchev–Trinajstić information content (AvgIpc) is 2.92. The number of nitrogens with zero attached hydrogens (tertiary/aromatic N) is 3. The molecule has 124 valence electrons. The molecule has 0 radical (unpaired) electrons. The fraction of sp³-hybridized carbons (Fsp3) is 0.438. The highest BCUT2D eigenvalue weighted by molar-refractivity contribution is 5.99. The Bertz CT molecular complexity index is 674. The lowest BCUT2D eigenvalue weighted by molar-refractivity contribution is 0.0673. The minimum absolute atomic E-state index is 0. The minimum atomic E-state index is 0. The fourth-order valence-electron chi connectivity index (χ4n) is 2.96. The Labute approximate surface area is 141 Å². The molecule has 1 amide bonds. The van der Waals surface area contributed by atoms with Crippen molar-refractivity contribution in [1.82, 2.24) is 15.0 Å². The monoisotopic (exact) mass is 336 g/mol. The van der Waals surface area contributed by atoms with Gasteiger partial charge in [-0.3, -0.25) is 4.79 Å². The third-order valence-electron chi connectivity index (χ3n) is 4.04. The number of carbonyl (C=O) groups is 1. The van der Waals surface area contributed by atoms with Crippen molar-refractivity contribution in [2.75, 3.05) is 18.8 Å². The van der Waals surface area contributed by atoms with E-state index < -0.39 is 0 Å². The first-order valence-electron chi connectivity index (χ1n) is 7.56. The number of carbonyl (C=O) groups excluding carboxylic acids is 1. The maximum atomic E-state index is 12.6. The summed E-state index contributed by atoms with van der Waals surface area (Å²) in [6.45, 7) is 3.26. The second-order valence-electron chi connectivity index (χ2n) is 5.78. The summed E-state index contributed by atoms with van der Waals surface area (Å²) in [6, 6.07) is 7.22. The SMILES string of the molecule is Cc1nc(CC2CCCN(C(=O)c3ccccc3N)C2)no1.Cl. The van der Waals surface area contributed by atoms with Gasteiger partial charge in [0, 0.05) is 32.1 Å². The van der Waals surface area contributed by atoms with E-state index in [0.717, 1.165) is 31.6 Å². The van der Waals surface area contributed by atoms with Gasteiger partial charge in [-0.25, -0.2) is 0 Å². The molecular weight excluding hydrogens is 316 g/mol. The van der Waals surface area contributed by atoms with E-state index in [1.165, 1.54) is 0 Å². The zero-order chi connectivity index (χ0) is 15.5. The molecule has 1 unspecified atom stereocenters. The van der Waals surface area contributed by atoms with E-state index in [1.54, 1.807) is 19.1 Å². The number of aryl methyl sites for hydroxylation is 1. The van der Waals surface area contributed by atoms with Crippen molar-refractivity contribution in [2.45, 2.75) is 26.2 Å². The highest BCUT2D eigenvalue weighted by Crippen LogP contribution is 2.23. The topological polar surface area (TPSA) is 85.2 Å². The smallest absolute Gasteiger partial charge is 0.255 e. The van der Waals surface area contributed by atoms with Crippen molar-refractivity contribution in [3.8, 4) is 0 Å². The maximum absolute atomic E-state index is 12.6. The third-order valence-corrected chi connectivity index (χ3v) is 4.04. The molecule has 6 nitrogen and oxygen atoms in total. The van der Waals surface area contributed by atoms with Crippen molar-refractivity contribution >= 4 is 24.0 Å². The Balaban J connectivity index is 0.00000192. The van der Waals surface area contributed by atoms with Crippen molar-refractivity contribution in [3.05, 3.63) is 41.5 Å². The van der Waals surface area contributed by atoms with E-state index in [-0.39, 0.29) is 18.3 Å². The number of para-hydroxylation sites is 1. The Morgan fingerprint density at radius 3 is 2.91 bits per heavy atom. The number of nitrogens with two attached hydrogens (primary N) is 1. The molecule has 0 aliphatic carbocycles. The summed E-state index contributed by atoms with van der Waals surface area (Å²) >= 11 is 0. The maximum Gasteiger partial charge on any atom is 0.255 e. The molecule has 2 heterocycles. The van der Waals surface area contributed by atoms with E-state index in [0.29, 0.717) is 29.6 Å². The molecule has 1 aromatic carbocycles. The van der Waals surface area contributed by atoms with Crippen LogP contribution in [-0.2, 0) is 6.42 Å². The molecule has 1 aliphatic rings. The molecule has 1 aliphatic heterocycles. The molecule has 2 aromatic rings. The van der Waals surface area contributed by atoms with Crippen LogP contribution in [0, 0.1) is 12.8 Å². The summed E-state index contributed by atoms with van der Waals surface area (Å²) < 4.78 is 5.01. The number of hydrogen-bond acceptors (Lipinski definition) is 5. The average molecular weight is 337 g/mol.